The number of hydrogen-bond acceptors (Lipinski definition) is 1. The molecule has 0 unspecified atom stereocenters. The highest BCUT2D eigenvalue weighted by Crippen LogP contribution is 2.06. The van der Waals surface area contributed by atoms with E-state index in [0.29, 0.717) is 0 Å². The van der Waals surface area contributed by atoms with Gasteiger partial charge in [0.2, 0.25) is 0 Å². The second kappa shape index (κ2) is 6.41. The van der Waals surface area contributed by atoms with Gasteiger partial charge in [-0.15, -0.1) is 0 Å². The zero-order valence-corrected chi connectivity index (χ0v) is 11.3. The minimum Gasteiger partial charge on any atom is -0.354 e. The minimum absolute atomic E-state index is 0.932. The lowest BCUT2D eigenvalue weighted by Gasteiger charge is -2.04. The summed E-state index contributed by atoms with van der Waals surface area (Å²) >= 11 is 0. The molecule has 0 atom stereocenters. The van der Waals surface area contributed by atoms with Gasteiger partial charge in [0.25, 0.3) is 0 Å². The number of benzene rings is 1. The molecule has 0 saturated carbocycles. The molecule has 18 heavy (non-hydrogen) atoms. The molecule has 2 rings (SSSR count). The topological polar surface area (TPSA) is 17.0 Å². The second-order valence-electron chi connectivity index (χ2n) is 4.62. The zero-order chi connectivity index (χ0) is 12.8. The van der Waals surface area contributed by atoms with Crippen molar-refractivity contribution in [1.29, 1.82) is 0 Å². The molecule has 96 valence electrons. The number of rotatable bonds is 6. The van der Waals surface area contributed by atoms with Crippen LogP contribution in [0.25, 0.3) is 0 Å². The Kier molecular flexibility index (Phi) is 4.59. The van der Waals surface area contributed by atoms with E-state index in [0.717, 1.165) is 26.1 Å². The normalized spacial score (nSPS) is 10.8. The van der Waals surface area contributed by atoms with E-state index in [1.165, 1.54) is 16.7 Å². The molecule has 0 bridgehead atoms. The summed E-state index contributed by atoms with van der Waals surface area (Å²) in [6.07, 6.45) is 5.44. The molecule has 1 aromatic heterocycles. The fraction of sp³-hybridized carbons (Fsp3) is 0.375. The Labute approximate surface area is 110 Å². The van der Waals surface area contributed by atoms with Crippen molar-refractivity contribution in [2.75, 3.05) is 0 Å². The van der Waals surface area contributed by atoms with E-state index >= 15 is 0 Å². The largest absolute Gasteiger partial charge is 0.354 e. The van der Waals surface area contributed by atoms with Crippen LogP contribution in [0.3, 0.4) is 0 Å². The first-order valence-electron chi connectivity index (χ1n) is 6.75. The van der Waals surface area contributed by atoms with Crippen molar-refractivity contribution < 1.29 is 0 Å². The summed E-state index contributed by atoms with van der Waals surface area (Å²) in [5.74, 6) is 0. The molecule has 0 aliphatic rings. The van der Waals surface area contributed by atoms with Crippen molar-refractivity contribution in [2.24, 2.45) is 0 Å². The van der Waals surface area contributed by atoms with Crippen LogP contribution in [0.15, 0.2) is 42.7 Å². The van der Waals surface area contributed by atoms with E-state index < -0.39 is 0 Å². The summed E-state index contributed by atoms with van der Waals surface area (Å²) in [6.45, 7) is 7.25. The van der Waals surface area contributed by atoms with Gasteiger partial charge in [-0.2, -0.15) is 0 Å². The summed E-state index contributed by atoms with van der Waals surface area (Å²) in [5, 5.41) is 3.48. The SMILES string of the molecule is CCc1ccc(CNCc2ccn(CC)c2)cc1. The molecule has 1 aromatic carbocycles. The Morgan fingerprint density at radius 1 is 0.889 bits per heavy atom. The molecule has 0 radical (unpaired) electrons. The third kappa shape index (κ3) is 3.47. The van der Waals surface area contributed by atoms with E-state index in [9.17, 15) is 0 Å². The lowest BCUT2D eigenvalue weighted by atomic mass is 10.1. The van der Waals surface area contributed by atoms with Gasteiger partial charge >= 0.3 is 0 Å². The number of aromatic nitrogens is 1. The molecule has 0 aliphatic heterocycles. The van der Waals surface area contributed by atoms with Crippen molar-refractivity contribution in [1.82, 2.24) is 9.88 Å². The Morgan fingerprint density at radius 2 is 1.56 bits per heavy atom. The highest BCUT2D eigenvalue weighted by Gasteiger charge is 1.97. The van der Waals surface area contributed by atoms with Gasteiger partial charge in [-0.05, 0) is 36.1 Å². The molecule has 1 heterocycles. The van der Waals surface area contributed by atoms with Gasteiger partial charge in [0.1, 0.15) is 0 Å². The maximum absolute atomic E-state index is 3.48. The van der Waals surface area contributed by atoms with Crippen molar-refractivity contribution >= 4 is 0 Å². The summed E-state index contributed by atoms with van der Waals surface area (Å²) in [6, 6.07) is 11.0. The van der Waals surface area contributed by atoms with Crippen molar-refractivity contribution in [2.45, 2.75) is 39.9 Å². The predicted molar refractivity (Wildman–Crippen MR) is 76.5 cm³/mol. The second-order valence-corrected chi connectivity index (χ2v) is 4.62. The molecule has 0 aliphatic carbocycles. The number of hydrogen-bond donors (Lipinski definition) is 1. The average molecular weight is 242 g/mol. The monoisotopic (exact) mass is 242 g/mol. The minimum atomic E-state index is 0.932. The van der Waals surface area contributed by atoms with Crippen molar-refractivity contribution in [3.63, 3.8) is 0 Å². The van der Waals surface area contributed by atoms with Crippen LogP contribution in [-0.2, 0) is 26.1 Å². The van der Waals surface area contributed by atoms with Crippen LogP contribution >= 0.6 is 0 Å². The van der Waals surface area contributed by atoms with Crippen LogP contribution in [-0.4, -0.2) is 4.57 Å². The summed E-state index contributed by atoms with van der Waals surface area (Å²) < 4.78 is 2.20. The Balaban J connectivity index is 1.80. The molecule has 2 nitrogen and oxygen atoms in total. The zero-order valence-electron chi connectivity index (χ0n) is 11.3. The molecule has 2 heteroatoms. The van der Waals surface area contributed by atoms with Gasteiger partial charge in [-0.3, -0.25) is 0 Å². The van der Waals surface area contributed by atoms with Gasteiger partial charge < -0.3 is 9.88 Å². The summed E-state index contributed by atoms with van der Waals surface area (Å²) in [4.78, 5) is 0. The molecule has 2 aromatic rings. The van der Waals surface area contributed by atoms with Gasteiger partial charge in [0, 0.05) is 32.0 Å². The molecule has 1 N–H and O–H groups in total. The third-order valence-electron chi connectivity index (χ3n) is 3.27. The molecular formula is C16H22N2. The third-order valence-corrected chi connectivity index (χ3v) is 3.27. The van der Waals surface area contributed by atoms with E-state index in [4.69, 9.17) is 0 Å². The number of aryl methyl sites for hydroxylation is 2. The standard InChI is InChI=1S/C16H22N2/c1-3-14-5-7-15(8-6-14)11-17-12-16-9-10-18(4-2)13-16/h5-10,13,17H,3-4,11-12H2,1-2H3. The number of nitrogens with one attached hydrogen (secondary N) is 1. The Morgan fingerprint density at radius 3 is 2.17 bits per heavy atom. The highest BCUT2D eigenvalue weighted by molar-refractivity contribution is 5.22. The van der Waals surface area contributed by atoms with Gasteiger partial charge in [-0.1, -0.05) is 31.2 Å². The van der Waals surface area contributed by atoms with E-state index in [2.05, 4.69) is 66.5 Å². The maximum Gasteiger partial charge on any atom is 0.0223 e. The quantitative estimate of drug-likeness (QED) is 0.822. The Hall–Kier alpha value is -1.54. The first kappa shape index (κ1) is 12.9. The molecule has 0 amide bonds. The van der Waals surface area contributed by atoms with Crippen molar-refractivity contribution in [3.05, 3.63) is 59.4 Å². The highest BCUT2D eigenvalue weighted by atomic mass is 14.9. The van der Waals surface area contributed by atoms with Crippen LogP contribution in [0.2, 0.25) is 0 Å². The molecule has 0 fully saturated rings. The smallest absolute Gasteiger partial charge is 0.0223 e. The lowest BCUT2D eigenvalue weighted by Crippen LogP contribution is -2.12. The van der Waals surface area contributed by atoms with Crippen LogP contribution in [0.5, 0.6) is 0 Å². The van der Waals surface area contributed by atoms with Gasteiger partial charge in [0.15, 0.2) is 0 Å². The lowest BCUT2D eigenvalue weighted by molar-refractivity contribution is 0.688. The van der Waals surface area contributed by atoms with Crippen LogP contribution in [0, 0.1) is 0 Å². The van der Waals surface area contributed by atoms with E-state index in [1.807, 2.05) is 0 Å². The van der Waals surface area contributed by atoms with Gasteiger partial charge in [0.05, 0.1) is 0 Å². The average Bonchev–Trinajstić information content (AvgIpc) is 2.87. The predicted octanol–water partition coefficient (Wildman–Crippen LogP) is 3.36. The van der Waals surface area contributed by atoms with E-state index in [1.54, 1.807) is 0 Å². The van der Waals surface area contributed by atoms with Crippen molar-refractivity contribution in [3.8, 4) is 0 Å². The fourth-order valence-corrected chi connectivity index (χ4v) is 2.04. The van der Waals surface area contributed by atoms with Gasteiger partial charge in [-0.25, -0.2) is 0 Å². The first-order chi connectivity index (χ1) is 8.81. The maximum atomic E-state index is 3.48. The van der Waals surface area contributed by atoms with Crippen LogP contribution in [0.4, 0.5) is 0 Å². The number of nitrogens with zero attached hydrogens (tertiary/aromatic N) is 1. The van der Waals surface area contributed by atoms with Crippen LogP contribution in [0.1, 0.15) is 30.5 Å². The molecule has 0 saturated heterocycles. The molecular weight excluding hydrogens is 220 g/mol. The Bertz CT molecular complexity index is 468. The summed E-state index contributed by atoms with van der Waals surface area (Å²) in [5.41, 5.74) is 4.10. The van der Waals surface area contributed by atoms with Crippen LogP contribution < -0.4 is 5.32 Å². The van der Waals surface area contributed by atoms with E-state index in [-0.39, 0.29) is 0 Å². The summed E-state index contributed by atoms with van der Waals surface area (Å²) in [7, 11) is 0. The fourth-order valence-electron chi connectivity index (χ4n) is 2.04. The molecule has 0 spiro atoms. The first-order valence-corrected chi connectivity index (χ1v) is 6.75.